The second kappa shape index (κ2) is 9.94. The third kappa shape index (κ3) is 7.94. The summed E-state index contributed by atoms with van der Waals surface area (Å²) in [5.41, 5.74) is 0.782. The van der Waals surface area contributed by atoms with E-state index in [1.807, 2.05) is 0 Å². The summed E-state index contributed by atoms with van der Waals surface area (Å²) in [5, 5.41) is 9.29. The van der Waals surface area contributed by atoms with Crippen molar-refractivity contribution in [2.24, 2.45) is 11.8 Å². The van der Waals surface area contributed by atoms with E-state index in [-0.39, 0.29) is 18.8 Å². The van der Waals surface area contributed by atoms with Crippen LogP contribution >= 0.6 is 0 Å². The van der Waals surface area contributed by atoms with Gasteiger partial charge in [0.25, 0.3) is 0 Å². The molecule has 4 atom stereocenters. The molecule has 0 amide bonds. The summed E-state index contributed by atoms with van der Waals surface area (Å²) in [6.45, 7) is 17.1. The molecule has 0 aliphatic carbocycles. The van der Waals surface area contributed by atoms with Gasteiger partial charge in [0.2, 0.25) is 0 Å². The Morgan fingerprint density at radius 2 is 2.00 bits per heavy atom. The molecule has 0 saturated carbocycles. The molecule has 0 aromatic carbocycles. The van der Waals surface area contributed by atoms with Gasteiger partial charge in [-0.25, -0.2) is 0 Å². The fraction of sp³-hybridized carbons (Fsp3) is 0.889. The van der Waals surface area contributed by atoms with Crippen molar-refractivity contribution in [2.45, 2.75) is 64.6 Å². The van der Waals surface area contributed by atoms with E-state index >= 15 is 0 Å². The quantitative estimate of drug-likeness (QED) is 0.284. The fourth-order valence-electron chi connectivity index (χ4n) is 2.81. The highest BCUT2D eigenvalue weighted by molar-refractivity contribution is 6.76. The van der Waals surface area contributed by atoms with Crippen LogP contribution in [0.5, 0.6) is 0 Å². The Morgan fingerprint density at radius 1 is 1.30 bits per heavy atom. The van der Waals surface area contributed by atoms with Crippen LogP contribution in [0.2, 0.25) is 25.7 Å². The van der Waals surface area contributed by atoms with Crippen LogP contribution < -0.4 is 0 Å². The highest BCUT2D eigenvalue weighted by Gasteiger charge is 2.32. The van der Waals surface area contributed by atoms with Crippen LogP contribution in [-0.4, -0.2) is 52.0 Å². The van der Waals surface area contributed by atoms with E-state index in [0.29, 0.717) is 25.2 Å². The Bertz CT molecular complexity index is 353. The van der Waals surface area contributed by atoms with Gasteiger partial charge in [-0.2, -0.15) is 0 Å². The first-order valence-electron chi connectivity index (χ1n) is 8.84. The Morgan fingerprint density at radius 3 is 2.61 bits per heavy atom. The maximum atomic E-state index is 9.29. The number of ether oxygens (including phenoxy) is 3. The highest BCUT2D eigenvalue weighted by Crippen LogP contribution is 2.31. The summed E-state index contributed by atoms with van der Waals surface area (Å²) in [5.74, 6) is 0.737. The van der Waals surface area contributed by atoms with Crippen molar-refractivity contribution in [1.29, 1.82) is 0 Å². The van der Waals surface area contributed by atoms with Gasteiger partial charge in [-0.05, 0) is 30.4 Å². The van der Waals surface area contributed by atoms with E-state index < -0.39 is 8.07 Å². The predicted octanol–water partition coefficient (Wildman–Crippen LogP) is 3.68. The Hall–Kier alpha value is -0.203. The van der Waals surface area contributed by atoms with Gasteiger partial charge in [-0.15, -0.1) is 0 Å². The Kier molecular flexibility index (Phi) is 9.01. The van der Waals surface area contributed by atoms with Gasteiger partial charge in [0.05, 0.1) is 25.4 Å². The Balaban J connectivity index is 2.24. The maximum Gasteiger partial charge on any atom is 0.146 e. The molecular weight excluding hydrogens is 308 g/mol. The number of hydrogen-bond acceptors (Lipinski definition) is 4. The van der Waals surface area contributed by atoms with Gasteiger partial charge >= 0.3 is 0 Å². The average molecular weight is 345 g/mol. The van der Waals surface area contributed by atoms with Gasteiger partial charge < -0.3 is 19.3 Å². The van der Waals surface area contributed by atoms with Gasteiger partial charge in [0.1, 0.15) is 6.79 Å². The van der Waals surface area contributed by atoms with Crippen molar-refractivity contribution in [1.82, 2.24) is 0 Å². The molecule has 1 heterocycles. The number of hydrogen-bond donors (Lipinski definition) is 1. The zero-order valence-corrected chi connectivity index (χ0v) is 16.6. The minimum absolute atomic E-state index is 0.00244. The van der Waals surface area contributed by atoms with Gasteiger partial charge in [-0.1, -0.05) is 40.1 Å². The van der Waals surface area contributed by atoms with E-state index in [2.05, 4.69) is 40.1 Å². The monoisotopic (exact) mass is 344 g/mol. The molecule has 0 radical (unpaired) electrons. The third-order valence-electron chi connectivity index (χ3n) is 4.53. The van der Waals surface area contributed by atoms with Crippen LogP contribution in [0.3, 0.4) is 0 Å². The molecule has 23 heavy (non-hydrogen) atoms. The van der Waals surface area contributed by atoms with Crippen LogP contribution in [-0.2, 0) is 14.2 Å². The van der Waals surface area contributed by atoms with Crippen molar-refractivity contribution in [3.8, 4) is 0 Å². The lowest BCUT2D eigenvalue weighted by molar-refractivity contribution is -0.116. The van der Waals surface area contributed by atoms with Crippen molar-refractivity contribution in [2.75, 3.05) is 26.6 Å². The Labute approximate surface area is 143 Å². The molecular formula is C18H36O4Si. The summed E-state index contributed by atoms with van der Waals surface area (Å²) in [4.78, 5) is 0. The van der Waals surface area contributed by atoms with Crippen LogP contribution in [0.15, 0.2) is 12.2 Å². The lowest BCUT2D eigenvalue weighted by Gasteiger charge is -2.38. The molecule has 136 valence electrons. The largest absolute Gasteiger partial charge is 0.392 e. The highest BCUT2D eigenvalue weighted by atomic mass is 28.3. The molecule has 4 nitrogen and oxygen atoms in total. The second-order valence-corrected chi connectivity index (χ2v) is 13.8. The topological polar surface area (TPSA) is 47.9 Å². The smallest absolute Gasteiger partial charge is 0.146 e. The molecule has 5 heteroatoms. The summed E-state index contributed by atoms with van der Waals surface area (Å²) in [7, 11) is -1.02. The molecule has 1 fully saturated rings. The van der Waals surface area contributed by atoms with Crippen molar-refractivity contribution >= 4 is 8.07 Å². The molecule has 1 aliphatic heterocycles. The van der Waals surface area contributed by atoms with Crippen LogP contribution in [0.1, 0.15) is 26.7 Å². The molecule has 0 unspecified atom stereocenters. The van der Waals surface area contributed by atoms with Crippen molar-refractivity contribution in [3.63, 3.8) is 0 Å². The minimum Gasteiger partial charge on any atom is -0.392 e. The average Bonchev–Trinajstić information content (AvgIpc) is 2.49. The molecule has 0 aromatic heterocycles. The summed E-state index contributed by atoms with van der Waals surface area (Å²) in [6.07, 6.45) is 2.28. The van der Waals surface area contributed by atoms with Crippen LogP contribution in [0.4, 0.5) is 0 Å². The standard InChI is InChI=1S/C18H36O4Si/c1-14-7-8-17(22-18(14)15(2)11-19)16(3)12-21-13-20-9-10-23(4,5)6/h14,16-19H,2,7-13H2,1,3-6H3/t14-,16-,17+,18+/m0/s1. The molecule has 0 aromatic rings. The van der Waals surface area contributed by atoms with E-state index in [9.17, 15) is 5.11 Å². The van der Waals surface area contributed by atoms with Gasteiger partial charge in [-0.3, -0.25) is 0 Å². The molecule has 1 N–H and O–H groups in total. The number of aliphatic hydroxyl groups excluding tert-OH is 1. The zero-order chi connectivity index (χ0) is 17.5. The zero-order valence-electron chi connectivity index (χ0n) is 15.6. The van der Waals surface area contributed by atoms with Gasteiger partial charge in [0.15, 0.2) is 0 Å². The summed E-state index contributed by atoms with van der Waals surface area (Å²) >= 11 is 0. The molecule has 1 saturated heterocycles. The van der Waals surface area contributed by atoms with E-state index in [4.69, 9.17) is 14.2 Å². The first-order valence-corrected chi connectivity index (χ1v) is 12.5. The van der Waals surface area contributed by atoms with E-state index in [0.717, 1.165) is 25.0 Å². The normalized spacial score (nSPS) is 27.0. The van der Waals surface area contributed by atoms with Crippen molar-refractivity contribution in [3.05, 3.63) is 12.2 Å². The summed E-state index contributed by atoms with van der Waals surface area (Å²) < 4.78 is 17.4. The van der Waals surface area contributed by atoms with Gasteiger partial charge in [0, 0.05) is 20.6 Å². The second-order valence-electron chi connectivity index (χ2n) is 8.15. The lowest BCUT2D eigenvalue weighted by Crippen LogP contribution is -2.40. The molecule has 0 spiro atoms. The number of aliphatic hydroxyl groups is 1. The molecule has 1 rings (SSSR count). The van der Waals surface area contributed by atoms with Crippen LogP contribution in [0, 0.1) is 11.8 Å². The van der Waals surface area contributed by atoms with Crippen LogP contribution in [0.25, 0.3) is 0 Å². The first-order chi connectivity index (χ1) is 10.7. The van der Waals surface area contributed by atoms with Crippen molar-refractivity contribution < 1.29 is 19.3 Å². The fourth-order valence-corrected chi connectivity index (χ4v) is 3.57. The van der Waals surface area contributed by atoms with E-state index in [1.54, 1.807) is 0 Å². The molecule has 1 aliphatic rings. The lowest BCUT2D eigenvalue weighted by atomic mass is 9.86. The first kappa shape index (κ1) is 20.8. The third-order valence-corrected chi connectivity index (χ3v) is 6.23. The number of rotatable bonds is 10. The predicted molar refractivity (Wildman–Crippen MR) is 97.4 cm³/mol. The van der Waals surface area contributed by atoms with E-state index in [1.165, 1.54) is 6.04 Å². The molecule has 0 bridgehead atoms. The minimum atomic E-state index is -1.02. The SMILES string of the molecule is C=C(CO)[C@@H]1O[C@@H]([C@@H](C)COCOCC[Si](C)(C)C)CC[C@@H]1C. The maximum absolute atomic E-state index is 9.29. The summed E-state index contributed by atoms with van der Waals surface area (Å²) in [6, 6.07) is 1.17.